The Kier molecular flexibility index (Phi) is 2.86. The van der Waals surface area contributed by atoms with Gasteiger partial charge in [0.15, 0.2) is 0 Å². The number of hydrogen-bond donors (Lipinski definition) is 2. The second kappa shape index (κ2) is 3.66. The molecule has 0 bridgehead atoms. The number of halogens is 2. The molecule has 0 amide bonds. The van der Waals surface area contributed by atoms with Crippen LogP contribution in [0.5, 0.6) is 0 Å². The van der Waals surface area contributed by atoms with Crippen molar-refractivity contribution in [1.82, 2.24) is 0 Å². The quantitative estimate of drug-likeness (QED) is 0.760. The lowest BCUT2D eigenvalue weighted by atomic mass is 9.81. The van der Waals surface area contributed by atoms with Gasteiger partial charge in [-0.2, -0.15) is 0 Å². The minimum Gasteiger partial charge on any atom is -0.479 e. The monoisotopic (exact) mass is 234 g/mol. The number of carboxylic acid groups (broad SMARTS) is 2. The Balaban J connectivity index is 3.26. The zero-order valence-corrected chi connectivity index (χ0v) is 8.45. The van der Waals surface area contributed by atoms with Gasteiger partial charge in [0.1, 0.15) is 0 Å². The summed E-state index contributed by atoms with van der Waals surface area (Å²) in [5, 5.41) is 17.3. The number of alkyl halides is 1. The maximum absolute atomic E-state index is 13.8. The summed E-state index contributed by atoms with van der Waals surface area (Å²) in [4.78, 5) is 21.4. The van der Waals surface area contributed by atoms with Crippen LogP contribution in [0.1, 0.15) is 6.92 Å². The Morgan fingerprint density at radius 3 is 2.47 bits per heavy atom. The van der Waals surface area contributed by atoms with Crippen molar-refractivity contribution in [1.29, 1.82) is 0 Å². The van der Waals surface area contributed by atoms with Crippen LogP contribution in [0.25, 0.3) is 0 Å². The molecule has 0 heterocycles. The van der Waals surface area contributed by atoms with E-state index in [0.29, 0.717) is 0 Å². The molecule has 2 unspecified atom stereocenters. The second-order valence-corrected chi connectivity index (χ2v) is 3.60. The van der Waals surface area contributed by atoms with Crippen molar-refractivity contribution in [3.63, 3.8) is 0 Å². The lowest BCUT2D eigenvalue weighted by Crippen LogP contribution is -2.42. The average molecular weight is 235 g/mol. The van der Waals surface area contributed by atoms with E-state index in [9.17, 15) is 14.0 Å². The van der Waals surface area contributed by atoms with Gasteiger partial charge in [-0.25, -0.2) is 14.0 Å². The summed E-state index contributed by atoms with van der Waals surface area (Å²) < 4.78 is 13.8. The SMILES string of the molecule is CC1C(C(=O)O)=C(Cl)C=CC1(F)C(=O)O. The first-order valence-corrected chi connectivity index (χ1v) is 4.43. The van der Waals surface area contributed by atoms with Crippen molar-refractivity contribution < 1.29 is 24.2 Å². The Hall–Kier alpha value is -1.36. The zero-order valence-electron chi connectivity index (χ0n) is 7.70. The fourth-order valence-corrected chi connectivity index (χ4v) is 1.70. The van der Waals surface area contributed by atoms with E-state index in [1.54, 1.807) is 0 Å². The molecule has 0 aromatic carbocycles. The molecule has 0 saturated heterocycles. The smallest absolute Gasteiger partial charge is 0.346 e. The van der Waals surface area contributed by atoms with Gasteiger partial charge < -0.3 is 10.2 Å². The molecule has 2 atom stereocenters. The molecule has 0 saturated carbocycles. The van der Waals surface area contributed by atoms with Crippen LogP contribution in [-0.4, -0.2) is 27.8 Å². The van der Waals surface area contributed by atoms with E-state index < -0.39 is 29.1 Å². The molecule has 0 fully saturated rings. The number of rotatable bonds is 2. The van der Waals surface area contributed by atoms with Crippen LogP contribution >= 0.6 is 11.6 Å². The first-order chi connectivity index (χ1) is 6.80. The number of carbonyl (C=O) groups is 2. The molecule has 0 aliphatic heterocycles. The maximum Gasteiger partial charge on any atom is 0.346 e. The van der Waals surface area contributed by atoms with Crippen LogP contribution in [0.3, 0.4) is 0 Å². The molecule has 82 valence electrons. The van der Waals surface area contributed by atoms with Crippen molar-refractivity contribution in [3.05, 3.63) is 22.8 Å². The van der Waals surface area contributed by atoms with Gasteiger partial charge >= 0.3 is 11.9 Å². The number of carboxylic acids is 2. The van der Waals surface area contributed by atoms with Crippen molar-refractivity contribution in [2.24, 2.45) is 5.92 Å². The second-order valence-electron chi connectivity index (χ2n) is 3.19. The molecule has 6 heteroatoms. The Labute approximate surface area is 89.7 Å². The van der Waals surface area contributed by atoms with E-state index in [-0.39, 0.29) is 5.03 Å². The van der Waals surface area contributed by atoms with Crippen LogP contribution in [0.15, 0.2) is 22.8 Å². The van der Waals surface area contributed by atoms with Gasteiger partial charge in [-0.05, 0) is 12.2 Å². The molecule has 1 aliphatic rings. The standard InChI is InChI=1S/C9H8ClFO4/c1-4-6(7(12)13)5(10)2-3-9(4,11)8(14)15/h2-4H,1H3,(H,12,13)(H,14,15). The molecular formula is C9H8ClFO4. The summed E-state index contributed by atoms with van der Waals surface area (Å²) in [5.74, 6) is -4.47. The predicted molar refractivity (Wildman–Crippen MR) is 50.3 cm³/mol. The number of hydrogen-bond acceptors (Lipinski definition) is 2. The van der Waals surface area contributed by atoms with Crippen LogP contribution in [0, 0.1) is 5.92 Å². The van der Waals surface area contributed by atoms with Crippen molar-refractivity contribution in [2.75, 3.05) is 0 Å². The van der Waals surface area contributed by atoms with E-state index in [2.05, 4.69) is 0 Å². The van der Waals surface area contributed by atoms with Gasteiger partial charge in [-0.3, -0.25) is 0 Å². The maximum atomic E-state index is 13.8. The Morgan fingerprint density at radius 2 is 2.07 bits per heavy atom. The normalized spacial score (nSPS) is 30.5. The highest BCUT2D eigenvalue weighted by Crippen LogP contribution is 2.37. The zero-order chi connectivity index (χ0) is 11.8. The first-order valence-electron chi connectivity index (χ1n) is 4.05. The lowest BCUT2D eigenvalue weighted by molar-refractivity contribution is -0.150. The first kappa shape index (κ1) is 11.7. The van der Waals surface area contributed by atoms with Crippen molar-refractivity contribution in [3.8, 4) is 0 Å². The molecule has 4 nitrogen and oxygen atoms in total. The summed E-state index contributed by atoms with van der Waals surface area (Å²) in [6.07, 6.45) is 1.72. The minimum atomic E-state index is -2.72. The molecule has 0 radical (unpaired) electrons. The van der Waals surface area contributed by atoms with Gasteiger partial charge in [0.2, 0.25) is 5.67 Å². The molecule has 0 spiro atoms. The van der Waals surface area contributed by atoms with Gasteiger partial charge in [-0.1, -0.05) is 18.5 Å². The van der Waals surface area contributed by atoms with Gasteiger partial charge in [0.25, 0.3) is 0 Å². The molecule has 2 N–H and O–H groups in total. The Bertz CT molecular complexity index is 388. The molecule has 15 heavy (non-hydrogen) atoms. The van der Waals surface area contributed by atoms with E-state index in [0.717, 1.165) is 12.2 Å². The van der Waals surface area contributed by atoms with E-state index in [1.165, 1.54) is 6.92 Å². The summed E-state index contributed by atoms with van der Waals surface area (Å²) >= 11 is 5.56. The van der Waals surface area contributed by atoms with Crippen molar-refractivity contribution in [2.45, 2.75) is 12.6 Å². The number of allylic oxidation sites excluding steroid dienone is 2. The largest absolute Gasteiger partial charge is 0.479 e. The fraction of sp³-hybridized carbons (Fsp3) is 0.333. The predicted octanol–water partition coefficient (Wildman–Crippen LogP) is 1.56. The molecule has 1 aliphatic carbocycles. The minimum absolute atomic E-state index is 0.149. The fourth-order valence-electron chi connectivity index (χ4n) is 1.39. The highest BCUT2D eigenvalue weighted by atomic mass is 35.5. The third kappa shape index (κ3) is 1.74. The third-order valence-corrected chi connectivity index (χ3v) is 2.68. The van der Waals surface area contributed by atoms with Gasteiger partial charge in [0, 0.05) is 5.92 Å². The molecule has 1 rings (SSSR count). The Morgan fingerprint density at radius 1 is 1.53 bits per heavy atom. The summed E-state index contributed by atoms with van der Waals surface area (Å²) in [6, 6.07) is 0. The highest BCUT2D eigenvalue weighted by molar-refractivity contribution is 6.33. The van der Waals surface area contributed by atoms with E-state index in [1.807, 2.05) is 0 Å². The third-order valence-electron chi connectivity index (χ3n) is 2.35. The van der Waals surface area contributed by atoms with Gasteiger partial charge in [0.05, 0.1) is 10.6 Å². The van der Waals surface area contributed by atoms with Crippen LogP contribution in [0.4, 0.5) is 4.39 Å². The van der Waals surface area contributed by atoms with Crippen LogP contribution < -0.4 is 0 Å². The van der Waals surface area contributed by atoms with Gasteiger partial charge in [-0.15, -0.1) is 0 Å². The number of aliphatic carboxylic acids is 2. The van der Waals surface area contributed by atoms with Crippen LogP contribution in [-0.2, 0) is 9.59 Å². The summed E-state index contributed by atoms with van der Waals surface area (Å²) in [6.45, 7) is 1.17. The summed E-state index contributed by atoms with van der Waals surface area (Å²) in [5.41, 5.74) is -3.14. The van der Waals surface area contributed by atoms with E-state index >= 15 is 0 Å². The lowest BCUT2D eigenvalue weighted by Gasteiger charge is -2.28. The summed E-state index contributed by atoms with van der Waals surface area (Å²) in [7, 11) is 0. The van der Waals surface area contributed by atoms with Crippen LogP contribution in [0.2, 0.25) is 0 Å². The molecular weight excluding hydrogens is 227 g/mol. The van der Waals surface area contributed by atoms with E-state index in [4.69, 9.17) is 21.8 Å². The molecule has 0 aromatic rings. The molecule has 0 aromatic heterocycles. The topological polar surface area (TPSA) is 74.6 Å². The average Bonchev–Trinajstić information content (AvgIpc) is 2.11. The highest BCUT2D eigenvalue weighted by Gasteiger charge is 2.48. The van der Waals surface area contributed by atoms with Crippen molar-refractivity contribution >= 4 is 23.5 Å².